The molecule has 6 heteroatoms. The Balaban J connectivity index is 2.22. The van der Waals surface area contributed by atoms with E-state index in [0.29, 0.717) is 0 Å². The van der Waals surface area contributed by atoms with Crippen molar-refractivity contribution in [3.63, 3.8) is 0 Å². The van der Waals surface area contributed by atoms with Crippen LogP contribution in [0.25, 0.3) is 0 Å². The Morgan fingerprint density at radius 3 is 2.88 bits per heavy atom. The maximum absolute atomic E-state index is 11.8. The second-order valence-electron chi connectivity index (χ2n) is 4.52. The number of rotatable bonds is 4. The number of nitrogens with one attached hydrogen (secondary N) is 1. The first kappa shape index (κ1) is 11.6. The van der Waals surface area contributed by atoms with Crippen LogP contribution in [0.4, 0.5) is 5.82 Å². The number of anilines is 1. The molecule has 0 aromatic carbocycles. The van der Waals surface area contributed by atoms with Gasteiger partial charge in [0.2, 0.25) is 0 Å². The molecule has 92 valence electrons. The Labute approximate surface area is 98.3 Å². The summed E-state index contributed by atoms with van der Waals surface area (Å²) in [5.74, 6) is -0.624. The molecule has 0 radical (unpaired) electrons. The molecule has 0 atom stereocenters. The molecule has 1 heterocycles. The molecule has 2 rings (SSSR count). The van der Waals surface area contributed by atoms with Crippen LogP contribution in [0.3, 0.4) is 0 Å². The van der Waals surface area contributed by atoms with Gasteiger partial charge in [0.25, 0.3) is 5.56 Å². The average Bonchev–Trinajstić information content (AvgIpc) is 2.21. The topological polar surface area (TPSA) is 84.2 Å². The second-order valence-corrected chi connectivity index (χ2v) is 4.52. The van der Waals surface area contributed by atoms with Crippen molar-refractivity contribution >= 4 is 11.8 Å². The lowest BCUT2D eigenvalue weighted by Crippen LogP contribution is -2.48. The zero-order valence-electron chi connectivity index (χ0n) is 9.64. The molecule has 0 spiro atoms. The molecule has 1 aromatic heterocycles. The van der Waals surface area contributed by atoms with Gasteiger partial charge in [-0.2, -0.15) is 0 Å². The van der Waals surface area contributed by atoms with Gasteiger partial charge in [0.1, 0.15) is 0 Å². The molecule has 0 bridgehead atoms. The third-order valence-electron chi connectivity index (χ3n) is 3.20. The highest BCUT2D eigenvalue weighted by Gasteiger charge is 2.39. The Bertz CT molecular complexity index is 491. The van der Waals surface area contributed by atoms with Crippen molar-refractivity contribution in [3.8, 4) is 0 Å². The predicted octanol–water partition coefficient (Wildman–Crippen LogP) is 0.590. The van der Waals surface area contributed by atoms with Gasteiger partial charge in [0.05, 0.1) is 6.42 Å². The minimum Gasteiger partial charge on any atom is -0.481 e. The SMILES string of the molecule is Cn1ccnc(NC2(CC(=O)O)CCC2)c1=O. The standard InChI is InChI=1S/C11H15N3O3/c1-14-6-5-12-9(10(14)17)13-11(3-2-4-11)7-8(15)16/h5-6H,2-4,7H2,1H3,(H,12,13)(H,15,16). The largest absolute Gasteiger partial charge is 0.481 e. The lowest BCUT2D eigenvalue weighted by atomic mass is 9.74. The molecule has 1 fully saturated rings. The molecule has 2 N–H and O–H groups in total. The van der Waals surface area contributed by atoms with Crippen LogP contribution in [0.1, 0.15) is 25.7 Å². The molecule has 1 aliphatic carbocycles. The first-order valence-electron chi connectivity index (χ1n) is 5.54. The van der Waals surface area contributed by atoms with Gasteiger partial charge in [-0.05, 0) is 19.3 Å². The Morgan fingerprint density at radius 2 is 2.35 bits per heavy atom. The van der Waals surface area contributed by atoms with Crippen LogP contribution < -0.4 is 10.9 Å². The van der Waals surface area contributed by atoms with Gasteiger partial charge in [-0.25, -0.2) is 4.98 Å². The van der Waals surface area contributed by atoms with Crippen LogP contribution in [-0.2, 0) is 11.8 Å². The van der Waals surface area contributed by atoms with E-state index < -0.39 is 11.5 Å². The number of aromatic nitrogens is 2. The summed E-state index contributed by atoms with van der Waals surface area (Å²) < 4.78 is 1.42. The van der Waals surface area contributed by atoms with E-state index in [1.807, 2.05) is 0 Å². The fraction of sp³-hybridized carbons (Fsp3) is 0.545. The molecule has 1 saturated carbocycles. The van der Waals surface area contributed by atoms with Crippen LogP contribution in [0.2, 0.25) is 0 Å². The maximum atomic E-state index is 11.8. The third-order valence-corrected chi connectivity index (χ3v) is 3.20. The number of carboxylic acid groups (broad SMARTS) is 1. The molecular formula is C11H15N3O3. The van der Waals surface area contributed by atoms with E-state index >= 15 is 0 Å². The van der Waals surface area contributed by atoms with Crippen molar-refractivity contribution < 1.29 is 9.90 Å². The van der Waals surface area contributed by atoms with Crippen molar-refractivity contribution in [1.82, 2.24) is 9.55 Å². The Kier molecular flexibility index (Phi) is 2.87. The van der Waals surface area contributed by atoms with E-state index in [0.717, 1.165) is 19.3 Å². The van der Waals surface area contributed by atoms with Gasteiger partial charge in [-0.3, -0.25) is 9.59 Å². The third kappa shape index (κ3) is 2.30. The summed E-state index contributed by atoms with van der Waals surface area (Å²) in [4.78, 5) is 26.5. The van der Waals surface area contributed by atoms with Gasteiger partial charge >= 0.3 is 5.97 Å². The van der Waals surface area contributed by atoms with Crippen molar-refractivity contribution in [3.05, 3.63) is 22.7 Å². The first-order chi connectivity index (χ1) is 8.02. The number of hydrogen-bond acceptors (Lipinski definition) is 4. The highest BCUT2D eigenvalue weighted by atomic mass is 16.4. The lowest BCUT2D eigenvalue weighted by molar-refractivity contribution is -0.138. The molecule has 1 aliphatic rings. The van der Waals surface area contributed by atoms with Gasteiger partial charge in [0.15, 0.2) is 5.82 Å². The molecule has 17 heavy (non-hydrogen) atoms. The Hall–Kier alpha value is -1.85. The van der Waals surface area contributed by atoms with Crippen LogP contribution in [0, 0.1) is 0 Å². The quantitative estimate of drug-likeness (QED) is 0.800. The van der Waals surface area contributed by atoms with Crippen LogP contribution in [0.15, 0.2) is 17.2 Å². The first-order valence-corrected chi connectivity index (χ1v) is 5.54. The van der Waals surface area contributed by atoms with E-state index in [4.69, 9.17) is 5.11 Å². The van der Waals surface area contributed by atoms with Crippen molar-refractivity contribution in [2.75, 3.05) is 5.32 Å². The minimum atomic E-state index is -0.857. The van der Waals surface area contributed by atoms with Gasteiger partial charge in [0, 0.05) is 25.0 Å². The van der Waals surface area contributed by atoms with E-state index in [1.165, 1.54) is 10.8 Å². The van der Waals surface area contributed by atoms with Crippen LogP contribution >= 0.6 is 0 Å². The summed E-state index contributed by atoms with van der Waals surface area (Å²) in [6.45, 7) is 0. The summed E-state index contributed by atoms with van der Waals surface area (Å²) in [6.07, 6.45) is 5.62. The molecule has 0 unspecified atom stereocenters. The molecular weight excluding hydrogens is 222 g/mol. The smallest absolute Gasteiger partial charge is 0.305 e. The average molecular weight is 237 g/mol. The number of aryl methyl sites for hydroxylation is 1. The summed E-state index contributed by atoms with van der Waals surface area (Å²) in [7, 11) is 1.64. The number of hydrogen-bond donors (Lipinski definition) is 2. The van der Waals surface area contributed by atoms with Crippen molar-refractivity contribution in [2.45, 2.75) is 31.2 Å². The number of carbonyl (C=O) groups is 1. The zero-order chi connectivity index (χ0) is 12.5. The van der Waals surface area contributed by atoms with Crippen LogP contribution in [0.5, 0.6) is 0 Å². The monoisotopic (exact) mass is 237 g/mol. The molecule has 1 aromatic rings. The normalized spacial score (nSPS) is 17.2. The molecule has 0 aliphatic heterocycles. The van der Waals surface area contributed by atoms with Crippen molar-refractivity contribution in [2.24, 2.45) is 7.05 Å². The lowest BCUT2D eigenvalue weighted by Gasteiger charge is -2.41. The Morgan fingerprint density at radius 1 is 1.65 bits per heavy atom. The fourth-order valence-electron chi connectivity index (χ4n) is 2.07. The van der Waals surface area contributed by atoms with E-state index in [9.17, 15) is 9.59 Å². The minimum absolute atomic E-state index is 0.0206. The van der Waals surface area contributed by atoms with Crippen molar-refractivity contribution in [1.29, 1.82) is 0 Å². The molecule has 0 saturated heterocycles. The van der Waals surface area contributed by atoms with Crippen LogP contribution in [-0.4, -0.2) is 26.2 Å². The van der Waals surface area contributed by atoms with Gasteiger partial charge in [-0.15, -0.1) is 0 Å². The highest BCUT2D eigenvalue weighted by Crippen LogP contribution is 2.37. The van der Waals surface area contributed by atoms with E-state index in [2.05, 4.69) is 10.3 Å². The molecule has 0 amide bonds. The summed E-state index contributed by atoms with van der Waals surface area (Å²) in [5.41, 5.74) is -0.726. The van der Waals surface area contributed by atoms with E-state index in [1.54, 1.807) is 13.2 Å². The van der Waals surface area contributed by atoms with Gasteiger partial charge < -0.3 is 15.0 Å². The summed E-state index contributed by atoms with van der Waals surface area (Å²) >= 11 is 0. The second kappa shape index (κ2) is 4.20. The summed E-state index contributed by atoms with van der Waals surface area (Å²) in [5, 5.41) is 11.9. The van der Waals surface area contributed by atoms with E-state index in [-0.39, 0.29) is 17.8 Å². The van der Waals surface area contributed by atoms with Gasteiger partial charge in [-0.1, -0.05) is 0 Å². The number of aliphatic carboxylic acids is 1. The maximum Gasteiger partial charge on any atom is 0.305 e. The predicted molar refractivity (Wildman–Crippen MR) is 61.9 cm³/mol. The number of nitrogens with zero attached hydrogens (tertiary/aromatic N) is 2. The number of carboxylic acids is 1. The molecule has 6 nitrogen and oxygen atoms in total. The fourth-order valence-corrected chi connectivity index (χ4v) is 2.07. The zero-order valence-corrected chi connectivity index (χ0v) is 9.64. The highest BCUT2D eigenvalue weighted by molar-refractivity contribution is 5.69. The summed E-state index contributed by atoms with van der Waals surface area (Å²) in [6, 6.07) is 0.